The Morgan fingerprint density at radius 3 is 1.94 bits per heavy atom. The van der Waals surface area contributed by atoms with Gasteiger partial charge in [-0.25, -0.2) is 9.59 Å². The van der Waals surface area contributed by atoms with Crippen LogP contribution in [0.5, 0.6) is 11.5 Å². The molecule has 2 N–H and O–H groups in total. The van der Waals surface area contributed by atoms with E-state index in [-0.39, 0.29) is 0 Å². The summed E-state index contributed by atoms with van der Waals surface area (Å²) in [5, 5.41) is 4.81. The molecule has 0 bridgehead atoms. The van der Waals surface area contributed by atoms with E-state index in [0.717, 1.165) is 0 Å². The first-order valence-corrected chi connectivity index (χ1v) is 5.11. The predicted molar refractivity (Wildman–Crippen MR) is 61.2 cm³/mol. The molecule has 0 saturated heterocycles. The molecule has 0 saturated carbocycles. The highest BCUT2D eigenvalue weighted by Gasteiger charge is 2.04. The molecule has 0 aliphatic heterocycles. The van der Waals surface area contributed by atoms with Gasteiger partial charge in [0.25, 0.3) is 0 Å². The topological polar surface area (TPSA) is 76.7 Å². The van der Waals surface area contributed by atoms with Gasteiger partial charge >= 0.3 is 12.2 Å². The Balaban J connectivity index is 2.55. The van der Waals surface area contributed by atoms with Crippen molar-refractivity contribution in [2.75, 3.05) is 13.6 Å². The van der Waals surface area contributed by atoms with Crippen molar-refractivity contribution >= 4 is 12.2 Å². The first kappa shape index (κ1) is 12.8. The van der Waals surface area contributed by atoms with Crippen LogP contribution in [-0.4, -0.2) is 25.8 Å². The van der Waals surface area contributed by atoms with E-state index in [1.807, 2.05) is 0 Å². The van der Waals surface area contributed by atoms with Crippen molar-refractivity contribution in [3.8, 4) is 11.5 Å². The maximum Gasteiger partial charge on any atom is 0.412 e. The Morgan fingerprint density at radius 2 is 1.53 bits per heavy atom. The van der Waals surface area contributed by atoms with Crippen molar-refractivity contribution in [2.45, 2.75) is 6.92 Å². The third-order valence-electron chi connectivity index (χ3n) is 1.77. The zero-order valence-corrected chi connectivity index (χ0v) is 9.65. The molecule has 0 unspecified atom stereocenters. The number of amides is 2. The molecule has 2 amide bonds. The lowest BCUT2D eigenvalue weighted by Crippen LogP contribution is -2.26. The van der Waals surface area contributed by atoms with E-state index >= 15 is 0 Å². The van der Waals surface area contributed by atoms with Crippen LogP contribution in [0.2, 0.25) is 0 Å². The van der Waals surface area contributed by atoms with Gasteiger partial charge in [0.1, 0.15) is 11.5 Å². The van der Waals surface area contributed by atoms with Crippen molar-refractivity contribution in [3.05, 3.63) is 24.3 Å². The maximum absolute atomic E-state index is 11.1. The fraction of sp³-hybridized carbons (Fsp3) is 0.273. The van der Waals surface area contributed by atoms with Crippen molar-refractivity contribution in [2.24, 2.45) is 0 Å². The molecular formula is C11H14N2O4. The first-order valence-electron chi connectivity index (χ1n) is 5.11. The maximum atomic E-state index is 11.1. The molecule has 6 heteroatoms. The fourth-order valence-corrected chi connectivity index (χ4v) is 1.02. The summed E-state index contributed by atoms with van der Waals surface area (Å²) in [6, 6.07) is 6.13. The third kappa shape index (κ3) is 4.42. The van der Waals surface area contributed by atoms with Crippen molar-refractivity contribution in [1.82, 2.24) is 10.6 Å². The Bertz CT molecular complexity index is 389. The van der Waals surface area contributed by atoms with Crippen LogP contribution in [0.25, 0.3) is 0 Å². The highest BCUT2D eigenvalue weighted by Crippen LogP contribution is 2.17. The summed E-state index contributed by atoms with van der Waals surface area (Å²) in [6.07, 6.45) is -1.07. The second kappa shape index (κ2) is 6.37. The monoisotopic (exact) mass is 238 g/mol. The summed E-state index contributed by atoms with van der Waals surface area (Å²) in [6.45, 7) is 2.29. The Labute approximate surface area is 98.9 Å². The first-order chi connectivity index (χ1) is 8.15. The lowest BCUT2D eigenvalue weighted by Gasteiger charge is -2.06. The predicted octanol–water partition coefficient (Wildman–Crippen LogP) is 1.51. The Kier molecular flexibility index (Phi) is 4.80. The summed E-state index contributed by atoms with van der Waals surface area (Å²) in [5.41, 5.74) is 0. The molecule has 0 atom stereocenters. The average molecular weight is 238 g/mol. The van der Waals surface area contributed by atoms with Crippen LogP contribution in [0.1, 0.15) is 6.92 Å². The number of carbonyl (C=O) groups excluding carboxylic acids is 2. The van der Waals surface area contributed by atoms with Crippen LogP contribution in [0.4, 0.5) is 9.59 Å². The number of ether oxygens (including phenoxy) is 2. The van der Waals surface area contributed by atoms with Gasteiger partial charge in [0.15, 0.2) is 0 Å². The van der Waals surface area contributed by atoms with Crippen LogP contribution in [0.15, 0.2) is 24.3 Å². The molecule has 0 aliphatic carbocycles. The van der Waals surface area contributed by atoms with Gasteiger partial charge in [0.05, 0.1) is 0 Å². The zero-order valence-electron chi connectivity index (χ0n) is 9.65. The highest BCUT2D eigenvalue weighted by atomic mass is 16.6. The molecule has 0 aliphatic rings. The van der Waals surface area contributed by atoms with Gasteiger partial charge in [0.2, 0.25) is 0 Å². The molecule has 0 spiro atoms. The molecule has 0 radical (unpaired) electrons. The zero-order chi connectivity index (χ0) is 12.7. The number of carbonyl (C=O) groups is 2. The van der Waals surface area contributed by atoms with E-state index in [1.165, 1.54) is 31.3 Å². The van der Waals surface area contributed by atoms with Gasteiger partial charge in [-0.2, -0.15) is 0 Å². The van der Waals surface area contributed by atoms with Crippen LogP contribution in [0.3, 0.4) is 0 Å². The van der Waals surface area contributed by atoms with Gasteiger partial charge < -0.3 is 20.1 Å². The SMILES string of the molecule is CCNC(=O)Oc1ccc(OC(=O)NC)cc1. The molecule has 0 heterocycles. The average Bonchev–Trinajstić information content (AvgIpc) is 2.32. The van der Waals surface area contributed by atoms with E-state index in [0.29, 0.717) is 18.0 Å². The van der Waals surface area contributed by atoms with E-state index in [4.69, 9.17) is 9.47 Å². The number of nitrogens with one attached hydrogen (secondary N) is 2. The minimum absolute atomic E-state index is 0.368. The van der Waals surface area contributed by atoms with Crippen LogP contribution in [-0.2, 0) is 0 Å². The lowest BCUT2D eigenvalue weighted by molar-refractivity contribution is 0.199. The van der Waals surface area contributed by atoms with E-state index in [1.54, 1.807) is 6.92 Å². The van der Waals surface area contributed by atoms with Gasteiger partial charge in [-0.3, -0.25) is 0 Å². The molecule has 17 heavy (non-hydrogen) atoms. The highest BCUT2D eigenvalue weighted by molar-refractivity contribution is 5.71. The second-order valence-electron chi connectivity index (χ2n) is 3.03. The summed E-state index contributed by atoms with van der Waals surface area (Å²) < 4.78 is 9.80. The molecule has 1 rings (SSSR count). The summed E-state index contributed by atoms with van der Waals surface area (Å²) in [5.74, 6) is 0.743. The quantitative estimate of drug-likeness (QED) is 0.836. The fourth-order valence-electron chi connectivity index (χ4n) is 1.02. The van der Waals surface area contributed by atoms with Crippen molar-refractivity contribution in [1.29, 1.82) is 0 Å². The van der Waals surface area contributed by atoms with E-state index < -0.39 is 12.2 Å². The summed E-state index contributed by atoms with van der Waals surface area (Å²) >= 11 is 0. The minimum Gasteiger partial charge on any atom is -0.410 e. The minimum atomic E-state index is -0.553. The summed E-state index contributed by atoms with van der Waals surface area (Å²) in [4.78, 5) is 22.0. The van der Waals surface area contributed by atoms with E-state index in [2.05, 4.69) is 10.6 Å². The normalized spacial score (nSPS) is 9.29. The number of hydrogen-bond donors (Lipinski definition) is 2. The Morgan fingerprint density at radius 1 is 1.06 bits per heavy atom. The molecule has 0 aromatic heterocycles. The molecule has 1 aromatic rings. The van der Waals surface area contributed by atoms with E-state index in [9.17, 15) is 9.59 Å². The van der Waals surface area contributed by atoms with Crippen molar-refractivity contribution < 1.29 is 19.1 Å². The molecule has 1 aromatic carbocycles. The number of rotatable bonds is 3. The Hall–Kier alpha value is -2.24. The van der Waals surface area contributed by atoms with Gasteiger partial charge in [-0.15, -0.1) is 0 Å². The van der Waals surface area contributed by atoms with Crippen LogP contribution < -0.4 is 20.1 Å². The number of hydrogen-bond acceptors (Lipinski definition) is 4. The molecular weight excluding hydrogens is 224 g/mol. The van der Waals surface area contributed by atoms with Gasteiger partial charge in [0, 0.05) is 13.6 Å². The third-order valence-corrected chi connectivity index (χ3v) is 1.77. The van der Waals surface area contributed by atoms with Crippen LogP contribution >= 0.6 is 0 Å². The lowest BCUT2D eigenvalue weighted by atomic mass is 10.3. The standard InChI is InChI=1S/C11H14N2O4/c1-3-13-11(15)17-9-6-4-8(5-7-9)16-10(14)12-2/h4-7H,3H2,1-2H3,(H,12,14)(H,13,15). The molecule has 92 valence electrons. The molecule has 6 nitrogen and oxygen atoms in total. The van der Waals surface area contributed by atoms with Gasteiger partial charge in [-0.1, -0.05) is 0 Å². The second-order valence-corrected chi connectivity index (χ2v) is 3.03. The molecule has 0 fully saturated rings. The largest absolute Gasteiger partial charge is 0.412 e. The van der Waals surface area contributed by atoms with Gasteiger partial charge in [-0.05, 0) is 31.2 Å². The van der Waals surface area contributed by atoms with Crippen LogP contribution in [0, 0.1) is 0 Å². The summed E-state index contributed by atoms with van der Waals surface area (Å²) in [7, 11) is 1.47. The van der Waals surface area contributed by atoms with Crippen molar-refractivity contribution in [3.63, 3.8) is 0 Å². The smallest absolute Gasteiger partial charge is 0.410 e. The number of benzene rings is 1.